The first-order valence-corrected chi connectivity index (χ1v) is 8.03. The normalized spacial score (nSPS) is 28.7. The molecule has 0 radical (unpaired) electrons. The van der Waals surface area contributed by atoms with Crippen molar-refractivity contribution in [1.29, 1.82) is 0 Å². The summed E-state index contributed by atoms with van der Waals surface area (Å²) in [5, 5.41) is 4.34. The van der Waals surface area contributed by atoms with Crippen molar-refractivity contribution in [2.24, 2.45) is 22.9 Å². The zero-order valence-electron chi connectivity index (χ0n) is 11.6. The minimum Gasteiger partial charge on any atom is -0.267 e. The van der Waals surface area contributed by atoms with E-state index in [9.17, 15) is 4.79 Å². The summed E-state index contributed by atoms with van der Waals surface area (Å²) < 4.78 is 0.797. The maximum Gasteiger partial charge on any atom is 0.272 e. The monoisotopic (exact) mass is 334 g/mol. The third kappa shape index (κ3) is 2.66. The van der Waals surface area contributed by atoms with Gasteiger partial charge in [0.25, 0.3) is 5.91 Å². The Morgan fingerprint density at radius 3 is 2.75 bits per heavy atom. The largest absolute Gasteiger partial charge is 0.272 e. The number of hydrogen-bond donors (Lipinski definition) is 1. The van der Waals surface area contributed by atoms with Crippen molar-refractivity contribution >= 4 is 27.5 Å². The van der Waals surface area contributed by atoms with E-state index in [2.05, 4.69) is 26.5 Å². The first-order chi connectivity index (χ1) is 9.65. The van der Waals surface area contributed by atoms with Crippen molar-refractivity contribution in [2.75, 3.05) is 0 Å². The van der Waals surface area contributed by atoms with Crippen LogP contribution in [0.25, 0.3) is 0 Å². The average molecular weight is 335 g/mol. The molecule has 2 bridgehead atoms. The Labute approximate surface area is 128 Å². The SMILES string of the molecule is C/C(=N\NC(=O)c1ccccc1Br)C1CC2CCC1C2. The molecule has 1 aromatic carbocycles. The molecule has 1 amide bonds. The van der Waals surface area contributed by atoms with E-state index in [1.54, 1.807) is 6.07 Å². The molecule has 0 aliphatic heterocycles. The van der Waals surface area contributed by atoms with Gasteiger partial charge in [0.15, 0.2) is 0 Å². The lowest BCUT2D eigenvalue weighted by molar-refractivity contribution is 0.0953. The molecule has 0 spiro atoms. The Hall–Kier alpha value is -1.16. The van der Waals surface area contributed by atoms with Gasteiger partial charge < -0.3 is 0 Å². The molecular weight excluding hydrogens is 316 g/mol. The number of rotatable bonds is 3. The summed E-state index contributed by atoms with van der Waals surface area (Å²) in [6.45, 7) is 2.05. The number of nitrogens with one attached hydrogen (secondary N) is 1. The van der Waals surface area contributed by atoms with Gasteiger partial charge in [-0.2, -0.15) is 5.10 Å². The Bertz CT molecular complexity index is 555. The summed E-state index contributed by atoms with van der Waals surface area (Å²) >= 11 is 3.39. The Balaban J connectivity index is 1.65. The summed E-state index contributed by atoms with van der Waals surface area (Å²) in [5.41, 5.74) is 4.40. The lowest BCUT2D eigenvalue weighted by Crippen LogP contribution is -2.24. The van der Waals surface area contributed by atoms with E-state index in [1.165, 1.54) is 25.7 Å². The number of benzene rings is 1. The molecule has 1 N–H and O–H groups in total. The molecule has 1 aromatic rings. The molecule has 3 unspecified atom stereocenters. The van der Waals surface area contributed by atoms with Crippen LogP contribution < -0.4 is 5.43 Å². The maximum absolute atomic E-state index is 12.1. The lowest BCUT2D eigenvalue weighted by Gasteiger charge is -2.21. The number of carbonyl (C=O) groups excluding carboxylic acids is 1. The van der Waals surface area contributed by atoms with Crippen LogP contribution in [0.15, 0.2) is 33.8 Å². The quantitative estimate of drug-likeness (QED) is 0.659. The molecule has 2 fully saturated rings. The Morgan fingerprint density at radius 1 is 1.30 bits per heavy atom. The molecule has 3 rings (SSSR count). The van der Waals surface area contributed by atoms with Crippen molar-refractivity contribution in [1.82, 2.24) is 5.43 Å². The number of amides is 1. The van der Waals surface area contributed by atoms with Crippen LogP contribution in [0.4, 0.5) is 0 Å². The molecule has 2 aliphatic carbocycles. The summed E-state index contributed by atoms with van der Waals surface area (Å²) in [6, 6.07) is 7.40. The van der Waals surface area contributed by atoms with E-state index in [4.69, 9.17) is 0 Å². The average Bonchev–Trinajstić information content (AvgIpc) is 3.07. The fraction of sp³-hybridized carbons (Fsp3) is 0.500. The summed E-state index contributed by atoms with van der Waals surface area (Å²) in [7, 11) is 0. The minimum atomic E-state index is -0.153. The van der Waals surface area contributed by atoms with Crippen molar-refractivity contribution < 1.29 is 4.79 Å². The zero-order valence-corrected chi connectivity index (χ0v) is 13.2. The minimum absolute atomic E-state index is 0.153. The first kappa shape index (κ1) is 13.8. The molecule has 0 saturated heterocycles. The third-order valence-electron chi connectivity index (χ3n) is 4.73. The van der Waals surface area contributed by atoms with Gasteiger partial charge in [0.2, 0.25) is 0 Å². The molecule has 20 heavy (non-hydrogen) atoms. The summed E-state index contributed by atoms with van der Waals surface area (Å²) in [5.74, 6) is 2.12. The third-order valence-corrected chi connectivity index (χ3v) is 5.42. The van der Waals surface area contributed by atoms with Crippen molar-refractivity contribution in [2.45, 2.75) is 32.6 Å². The predicted octanol–water partition coefficient (Wildman–Crippen LogP) is 3.99. The van der Waals surface area contributed by atoms with Crippen LogP contribution in [0, 0.1) is 17.8 Å². The van der Waals surface area contributed by atoms with E-state index >= 15 is 0 Å². The fourth-order valence-electron chi connectivity index (χ4n) is 3.68. The Morgan fingerprint density at radius 2 is 2.10 bits per heavy atom. The van der Waals surface area contributed by atoms with Gasteiger partial charge in [-0.25, -0.2) is 5.43 Å². The second-order valence-electron chi connectivity index (χ2n) is 5.96. The molecule has 4 heteroatoms. The number of nitrogens with zero attached hydrogens (tertiary/aromatic N) is 1. The van der Waals surface area contributed by atoms with Gasteiger partial charge in [0, 0.05) is 16.1 Å². The molecule has 2 saturated carbocycles. The highest BCUT2D eigenvalue weighted by molar-refractivity contribution is 9.10. The summed E-state index contributed by atoms with van der Waals surface area (Å²) in [4.78, 5) is 12.1. The molecule has 3 nitrogen and oxygen atoms in total. The molecule has 0 aromatic heterocycles. The van der Waals surface area contributed by atoms with Crippen LogP contribution in [0.3, 0.4) is 0 Å². The van der Waals surface area contributed by atoms with Crippen LogP contribution in [0.1, 0.15) is 43.0 Å². The van der Waals surface area contributed by atoms with E-state index in [0.29, 0.717) is 11.5 Å². The van der Waals surface area contributed by atoms with E-state index in [0.717, 1.165) is 22.0 Å². The van der Waals surface area contributed by atoms with E-state index in [-0.39, 0.29) is 5.91 Å². The molecular formula is C16H19BrN2O. The highest BCUT2D eigenvalue weighted by Gasteiger charge is 2.40. The first-order valence-electron chi connectivity index (χ1n) is 7.24. The smallest absolute Gasteiger partial charge is 0.267 e. The van der Waals surface area contributed by atoms with Gasteiger partial charge in [-0.3, -0.25) is 4.79 Å². The second-order valence-corrected chi connectivity index (χ2v) is 6.81. The number of hydrogen-bond acceptors (Lipinski definition) is 2. The van der Waals surface area contributed by atoms with E-state index in [1.807, 2.05) is 25.1 Å². The Kier molecular flexibility index (Phi) is 3.92. The molecule has 0 heterocycles. The zero-order chi connectivity index (χ0) is 14.1. The van der Waals surface area contributed by atoms with Crippen molar-refractivity contribution in [3.05, 3.63) is 34.3 Å². The number of halogens is 1. The van der Waals surface area contributed by atoms with Gasteiger partial charge in [0.1, 0.15) is 0 Å². The maximum atomic E-state index is 12.1. The second kappa shape index (κ2) is 5.68. The standard InChI is InChI=1S/C16H19BrN2O/c1-10(14-9-11-6-7-12(14)8-11)18-19-16(20)13-4-2-3-5-15(13)17/h2-5,11-12,14H,6-9H2,1H3,(H,19,20)/b18-10+. The van der Waals surface area contributed by atoms with Crippen LogP contribution >= 0.6 is 15.9 Å². The van der Waals surface area contributed by atoms with Gasteiger partial charge in [-0.05, 0) is 66.1 Å². The fourth-order valence-corrected chi connectivity index (χ4v) is 4.15. The topological polar surface area (TPSA) is 41.5 Å². The molecule has 3 atom stereocenters. The highest BCUT2D eigenvalue weighted by Crippen LogP contribution is 2.48. The van der Waals surface area contributed by atoms with Crippen LogP contribution in [-0.4, -0.2) is 11.6 Å². The molecule has 106 valence electrons. The van der Waals surface area contributed by atoms with Crippen molar-refractivity contribution in [3.8, 4) is 0 Å². The number of hydrazone groups is 1. The van der Waals surface area contributed by atoms with Crippen molar-refractivity contribution in [3.63, 3.8) is 0 Å². The van der Waals surface area contributed by atoms with Gasteiger partial charge in [-0.1, -0.05) is 18.6 Å². The highest BCUT2D eigenvalue weighted by atomic mass is 79.9. The predicted molar refractivity (Wildman–Crippen MR) is 83.7 cm³/mol. The van der Waals surface area contributed by atoms with Gasteiger partial charge in [-0.15, -0.1) is 0 Å². The molecule has 2 aliphatic rings. The van der Waals surface area contributed by atoms with E-state index < -0.39 is 0 Å². The van der Waals surface area contributed by atoms with Gasteiger partial charge >= 0.3 is 0 Å². The number of fused-ring (bicyclic) bond motifs is 2. The van der Waals surface area contributed by atoms with Crippen LogP contribution in [0.5, 0.6) is 0 Å². The summed E-state index contributed by atoms with van der Waals surface area (Å²) in [6.07, 6.45) is 5.33. The van der Waals surface area contributed by atoms with Crippen LogP contribution in [-0.2, 0) is 0 Å². The van der Waals surface area contributed by atoms with Crippen LogP contribution in [0.2, 0.25) is 0 Å². The lowest BCUT2D eigenvalue weighted by atomic mass is 9.86. The van der Waals surface area contributed by atoms with Gasteiger partial charge in [0.05, 0.1) is 5.56 Å². The number of carbonyl (C=O) groups is 1.